The van der Waals surface area contributed by atoms with Crippen LogP contribution in [0.2, 0.25) is 0 Å². The van der Waals surface area contributed by atoms with Crippen molar-refractivity contribution in [2.75, 3.05) is 16.8 Å². The zero-order chi connectivity index (χ0) is 17.1. The molecule has 3 rings (SSSR count). The van der Waals surface area contributed by atoms with Crippen molar-refractivity contribution < 1.29 is 14.0 Å². The molecule has 0 bridgehead atoms. The molecule has 1 aliphatic rings. The van der Waals surface area contributed by atoms with Gasteiger partial charge in [0.05, 0.1) is 0 Å². The van der Waals surface area contributed by atoms with E-state index in [4.69, 9.17) is 0 Å². The van der Waals surface area contributed by atoms with E-state index >= 15 is 0 Å². The van der Waals surface area contributed by atoms with Crippen LogP contribution in [0, 0.1) is 5.82 Å². The second kappa shape index (κ2) is 7.04. The lowest BCUT2D eigenvalue weighted by Gasteiger charge is -2.16. The molecule has 1 aromatic carbocycles. The van der Waals surface area contributed by atoms with E-state index in [1.807, 2.05) is 6.92 Å². The van der Waals surface area contributed by atoms with Crippen molar-refractivity contribution in [2.45, 2.75) is 32.1 Å². The minimum atomic E-state index is -0.335. The molecule has 0 aliphatic carbocycles. The van der Waals surface area contributed by atoms with Crippen molar-refractivity contribution in [1.29, 1.82) is 0 Å². The Morgan fingerprint density at radius 1 is 1.38 bits per heavy atom. The first kappa shape index (κ1) is 16.5. The van der Waals surface area contributed by atoms with Crippen LogP contribution in [-0.4, -0.2) is 28.6 Å². The Morgan fingerprint density at radius 2 is 2.12 bits per heavy atom. The molecule has 1 fully saturated rings. The molecule has 1 aromatic heterocycles. The third-order valence-corrected chi connectivity index (χ3v) is 4.78. The fourth-order valence-corrected chi connectivity index (χ4v) is 3.45. The topological polar surface area (TPSA) is 75.2 Å². The molecule has 2 aromatic rings. The number of rotatable bonds is 5. The van der Waals surface area contributed by atoms with Crippen LogP contribution in [0.4, 0.5) is 15.2 Å². The van der Waals surface area contributed by atoms with Crippen LogP contribution in [0.25, 0.3) is 0 Å². The number of benzene rings is 1. The van der Waals surface area contributed by atoms with Crippen LogP contribution in [0.3, 0.4) is 0 Å². The number of carbonyl (C=O) groups excluding carboxylic acids is 2. The SMILES string of the molecule is CCCC(=O)Nc1nnc(C2CC(=O)N(c3ccc(F)cc3)C2)s1. The Kier molecular flexibility index (Phi) is 4.84. The Bertz CT molecular complexity index is 747. The quantitative estimate of drug-likeness (QED) is 0.901. The Labute approximate surface area is 142 Å². The van der Waals surface area contributed by atoms with Crippen molar-refractivity contribution in [2.24, 2.45) is 0 Å². The van der Waals surface area contributed by atoms with E-state index < -0.39 is 0 Å². The highest BCUT2D eigenvalue weighted by Crippen LogP contribution is 2.34. The van der Waals surface area contributed by atoms with Gasteiger partial charge < -0.3 is 10.2 Å². The predicted octanol–water partition coefficient (Wildman–Crippen LogP) is 2.94. The number of nitrogens with one attached hydrogen (secondary N) is 1. The van der Waals surface area contributed by atoms with Crippen LogP contribution in [0.15, 0.2) is 24.3 Å². The average molecular weight is 348 g/mol. The van der Waals surface area contributed by atoms with Gasteiger partial charge in [-0.25, -0.2) is 4.39 Å². The summed E-state index contributed by atoms with van der Waals surface area (Å²) < 4.78 is 13.0. The van der Waals surface area contributed by atoms with Crippen molar-refractivity contribution >= 4 is 34.0 Å². The van der Waals surface area contributed by atoms with Gasteiger partial charge in [-0.3, -0.25) is 9.59 Å². The van der Waals surface area contributed by atoms with Crippen LogP contribution in [0.5, 0.6) is 0 Å². The van der Waals surface area contributed by atoms with Crippen molar-refractivity contribution in [3.05, 3.63) is 35.1 Å². The largest absolute Gasteiger partial charge is 0.312 e. The number of anilines is 2. The number of amides is 2. The third-order valence-electron chi connectivity index (χ3n) is 3.78. The van der Waals surface area contributed by atoms with Gasteiger partial charge in [0.2, 0.25) is 16.9 Å². The van der Waals surface area contributed by atoms with Crippen LogP contribution in [-0.2, 0) is 9.59 Å². The van der Waals surface area contributed by atoms with Gasteiger partial charge in [0, 0.05) is 31.0 Å². The van der Waals surface area contributed by atoms with Gasteiger partial charge in [0.15, 0.2) is 0 Å². The predicted molar refractivity (Wildman–Crippen MR) is 89.6 cm³/mol. The number of hydrogen-bond acceptors (Lipinski definition) is 5. The monoisotopic (exact) mass is 348 g/mol. The molecule has 8 heteroatoms. The second-order valence-corrected chi connectivity index (χ2v) is 6.63. The van der Waals surface area contributed by atoms with E-state index in [1.54, 1.807) is 17.0 Å². The summed E-state index contributed by atoms with van der Waals surface area (Å²) in [5, 5.41) is 12.0. The van der Waals surface area contributed by atoms with E-state index in [2.05, 4.69) is 15.5 Å². The Morgan fingerprint density at radius 3 is 2.83 bits per heavy atom. The molecule has 1 atom stereocenters. The molecule has 2 amide bonds. The first-order chi connectivity index (χ1) is 11.6. The summed E-state index contributed by atoms with van der Waals surface area (Å²) in [6.45, 7) is 2.40. The maximum Gasteiger partial charge on any atom is 0.227 e. The van der Waals surface area contributed by atoms with E-state index in [-0.39, 0.29) is 23.5 Å². The molecule has 6 nitrogen and oxygen atoms in total. The van der Waals surface area contributed by atoms with Crippen LogP contribution < -0.4 is 10.2 Å². The highest BCUT2D eigenvalue weighted by Gasteiger charge is 2.33. The highest BCUT2D eigenvalue weighted by molar-refractivity contribution is 7.15. The summed E-state index contributed by atoms with van der Waals surface area (Å²) in [4.78, 5) is 25.5. The van der Waals surface area contributed by atoms with Gasteiger partial charge in [-0.2, -0.15) is 0 Å². The molecule has 1 saturated heterocycles. The highest BCUT2D eigenvalue weighted by atomic mass is 32.1. The number of carbonyl (C=O) groups is 2. The van der Waals surface area contributed by atoms with Crippen LogP contribution in [0.1, 0.15) is 37.1 Å². The first-order valence-electron chi connectivity index (χ1n) is 7.76. The van der Waals surface area contributed by atoms with E-state index in [1.165, 1.54) is 23.5 Å². The minimum absolute atomic E-state index is 0.0293. The van der Waals surface area contributed by atoms with Gasteiger partial charge in [0.25, 0.3) is 0 Å². The molecule has 0 saturated carbocycles. The Balaban J connectivity index is 1.68. The number of halogens is 1. The molecule has 0 radical (unpaired) electrons. The maximum absolute atomic E-state index is 13.0. The molecular weight excluding hydrogens is 331 g/mol. The lowest BCUT2D eigenvalue weighted by Crippen LogP contribution is -2.24. The molecule has 1 N–H and O–H groups in total. The molecule has 24 heavy (non-hydrogen) atoms. The van der Waals surface area contributed by atoms with Crippen molar-refractivity contribution in [3.63, 3.8) is 0 Å². The molecule has 0 spiro atoms. The molecule has 1 aliphatic heterocycles. The molecular formula is C16H17FN4O2S. The summed E-state index contributed by atoms with van der Waals surface area (Å²) in [6, 6.07) is 5.85. The Hall–Kier alpha value is -2.35. The fourth-order valence-electron chi connectivity index (χ4n) is 2.60. The van der Waals surface area contributed by atoms with Crippen molar-refractivity contribution in [1.82, 2.24) is 10.2 Å². The van der Waals surface area contributed by atoms with E-state index in [9.17, 15) is 14.0 Å². The molecule has 1 unspecified atom stereocenters. The first-order valence-corrected chi connectivity index (χ1v) is 8.57. The standard InChI is InChI=1S/C16H17FN4O2S/c1-2-3-13(22)18-16-20-19-15(24-16)10-8-14(23)21(9-10)12-6-4-11(17)5-7-12/h4-7,10H,2-3,8-9H2,1H3,(H,18,20,22). The summed E-state index contributed by atoms with van der Waals surface area (Å²) in [6.07, 6.45) is 1.53. The fraction of sp³-hybridized carbons (Fsp3) is 0.375. The van der Waals surface area contributed by atoms with E-state index in [0.29, 0.717) is 30.2 Å². The normalized spacial score (nSPS) is 17.3. The van der Waals surface area contributed by atoms with Crippen LogP contribution >= 0.6 is 11.3 Å². The second-order valence-electron chi connectivity index (χ2n) is 5.63. The minimum Gasteiger partial charge on any atom is -0.312 e. The lowest BCUT2D eigenvalue weighted by atomic mass is 10.1. The lowest BCUT2D eigenvalue weighted by molar-refractivity contribution is -0.117. The summed E-state index contributed by atoms with van der Waals surface area (Å²) in [7, 11) is 0. The summed E-state index contributed by atoms with van der Waals surface area (Å²) in [5.74, 6) is -0.524. The number of aromatic nitrogens is 2. The van der Waals surface area contributed by atoms with Gasteiger partial charge >= 0.3 is 0 Å². The summed E-state index contributed by atoms with van der Waals surface area (Å²) in [5.41, 5.74) is 0.671. The van der Waals surface area contributed by atoms with Gasteiger partial charge in [-0.1, -0.05) is 18.3 Å². The molecule has 126 valence electrons. The maximum atomic E-state index is 13.0. The van der Waals surface area contributed by atoms with Gasteiger partial charge in [-0.15, -0.1) is 10.2 Å². The zero-order valence-electron chi connectivity index (χ0n) is 13.2. The van der Waals surface area contributed by atoms with Gasteiger partial charge in [0.1, 0.15) is 10.8 Å². The molecule has 2 heterocycles. The third kappa shape index (κ3) is 3.59. The van der Waals surface area contributed by atoms with Gasteiger partial charge in [-0.05, 0) is 30.7 Å². The summed E-state index contributed by atoms with van der Waals surface area (Å²) >= 11 is 1.29. The average Bonchev–Trinajstić information content (AvgIpc) is 3.15. The number of nitrogens with zero attached hydrogens (tertiary/aromatic N) is 3. The number of hydrogen-bond donors (Lipinski definition) is 1. The zero-order valence-corrected chi connectivity index (χ0v) is 14.0. The van der Waals surface area contributed by atoms with Crippen molar-refractivity contribution in [3.8, 4) is 0 Å². The smallest absolute Gasteiger partial charge is 0.227 e. The van der Waals surface area contributed by atoms with E-state index in [0.717, 1.165) is 11.4 Å².